The molecule has 0 saturated carbocycles. The molecule has 122 valence electrons. The Morgan fingerprint density at radius 1 is 1.27 bits per heavy atom. The topological polar surface area (TPSA) is 45.6 Å². The van der Waals surface area contributed by atoms with Crippen molar-refractivity contribution in [3.8, 4) is 0 Å². The number of amides is 1. The van der Waals surface area contributed by atoms with Crippen LogP contribution < -0.4 is 5.56 Å². The largest absolute Gasteiger partial charge is 0.343 e. The minimum absolute atomic E-state index is 0.0312. The molecule has 5 nitrogen and oxygen atoms in total. The molecule has 22 heavy (non-hydrogen) atoms. The zero-order chi connectivity index (χ0) is 16.1. The molecule has 1 aromatic heterocycles. The maximum absolute atomic E-state index is 12.4. The van der Waals surface area contributed by atoms with Crippen LogP contribution in [0.5, 0.6) is 0 Å². The molecule has 0 radical (unpaired) electrons. The fraction of sp³-hybridized carbons (Fsp3) is 0.647. The van der Waals surface area contributed by atoms with Crippen LogP contribution in [0.2, 0.25) is 0 Å². The lowest BCUT2D eigenvalue weighted by molar-refractivity contribution is -0.131. The number of pyridine rings is 1. The second-order valence-electron chi connectivity index (χ2n) is 6.34. The lowest BCUT2D eigenvalue weighted by Gasteiger charge is -2.23. The lowest BCUT2D eigenvalue weighted by atomic mass is 10.1. The van der Waals surface area contributed by atoms with Crippen molar-refractivity contribution < 1.29 is 4.79 Å². The van der Waals surface area contributed by atoms with Crippen molar-refractivity contribution in [1.82, 2.24) is 14.4 Å². The molecule has 0 bridgehead atoms. The van der Waals surface area contributed by atoms with Gasteiger partial charge >= 0.3 is 0 Å². The average molecular weight is 305 g/mol. The Labute approximate surface area is 132 Å². The molecular weight excluding hydrogens is 278 g/mol. The van der Waals surface area contributed by atoms with Crippen molar-refractivity contribution in [2.75, 3.05) is 27.2 Å². The van der Waals surface area contributed by atoms with Gasteiger partial charge in [-0.25, -0.2) is 0 Å². The number of aromatic nitrogens is 1. The summed E-state index contributed by atoms with van der Waals surface area (Å²) in [6, 6.07) is 5.77. The van der Waals surface area contributed by atoms with Crippen molar-refractivity contribution in [2.24, 2.45) is 0 Å². The fourth-order valence-corrected chi connectivity index (χ4v) is 3.12. The van der Waals surface area contributed by atoms with Crippen LogP contribution in [-0.2, 0) is 11.3 Å². The summed E-state index contributed by atoms with van der Waals surface area (Å²) >= 11 is 0. The van der Waals surface area contributed by atoms with E-state index < -0.39 is 0 Å². The number of likely N-dealkylation sites (tertiary alicyclic amines) is 1. The monoisotopic (exact) mass is 305 g/mol. The Morgan fingerprint density at radius 2 is 2.05 bits per heavy atom. The second kappa shape index (κ2) is 7.58. The van der Waals surface area contributed by atoms with Crippen LogP contribution in [0.25, 0.3) is 0 Å². The van der Waals surface area contributed by atoms with Gasteiger partial charge in [0.1, 0.15) is 0 Å². The molecule has 0 N–H and O–H groups in total. The number of carbonyl (C=O) groups is 1. The predicted octanol–water partition coefficient (Wildman–Crippen LogP) is 1.49. The molecule has 1 amide bonds. The third-order valence-electron chi connectivity index (χ3n) is 4.60. The first kappa shape index (κ1) is 16.7. The van der Waals surface area contributed by atoms with E-state index in [1.54, 1.807) is 16.7 Å². The van der Waals surface area contributed by atoms with Crippen LogP contribution >= 0.6 is 0 Å². The molecule has 1 atom stereocenters. The van der Waals surface area contributed by atoms with Gasteiger partial charge in [-0.3, -0.25) is 9.59 Å². The van der Waals surface area contributed by atoms with Gasteiger partial charge in [0.2, 0.25) is 5.91 Å². The van der Waals surface area contributed by atoms with Gasteiger partial charge in [0.25, 0.3) is 5.56 Å². The maximum Gasteiger partial charge on any atom is 0.250 e. The van der Waals surface area contributed by atoms with E-state index in [-0.39, 0.29) is 11.5 Å². The Bertz CT molecular complexity index is 565. The van der Waals surface area contributed by atoms with Crippen LogP contribution in [-0.4, -0.2) is 53.5 Å². The fourth-order valence-electron chi connectivity index (χ4n) is 3.12. The van der Waals surface area contributed by atoms with E-state index in [2.05, 4.69) is 19.0 Å². The number of nitrogens with zero attached hydrogens (tertiary/aromatic N) is 3. The number of rotatable bonds is 4. The molecule has 0 unspecified atom stereocenters. The van der Waals surface area contributed by atoms with Gasteiger partial charge in [0.05, 0.1) is 0 Å². The van der Waals surface area contributed by atoms with Crippen molar-refractivity contribution >= 4 is 5.91 Å². The van der Waals surface area contributed by atoms with Gasteiger partial charge in [0, 0.05) is 43.9 Å². The summed E-state index contributed by atoms with van der Waals surface area (Å²) in [5.41, 5.74) is 0.875. The van der Waals surface area contributed by atoms with E-state index in [1.807, 2.05) is 17.9 Å². The highest BCUT2D eigenvalue weighted by Crippen LogP contribution is 2.15. The smallest absolute Gasteiger partial charge is 0.250 e. The average Bonchev–Trinajstić information content (AvgIpc) is 2.72. The molecule has 2 rings (SSSR count). The van der Waals surface area contributed by atoms with Crippen molar-refractivity contribution in [3.63, 3.8) is 0 Å². The minimum Gasteiger partial charge on any atom is -0.343 e. The summed E-state index contributed by atoms with van der Waals surface area (Å²) in [6.07, 6.45) is 3.63. The molecule has 1 fully saturated rings. The lowest BCUT2D eigenvalue weighted by Crippen LogP contribution is -2.35. The highest BCUT2D eigenvalue weighted by atomic mass is 16.2. The third kappa shape index (κ3) is 4.19. The van der Waals surface area contributed by atoms with Crippen molar-refractivity contribution in [2.45, 2.75) is 45.2 Å². The van der Waals surface area contributed by atoms with Crippen LogP contribution in [0.4, 0.5) is 0 Å². The molecular formula is C17H27N3O2. The molecule has 0 aromatic carbocycles. The summed E-state index contributed by atoms with van der Waals surface area (Å²) < 4.78 is 1.68. The minimum atomic E-state index is -0.0312. The van der Waals surface area contributed by atoms with Gasteiger partial charge in [0.15, 0.2) is 0 Å². The highest BCUT2D eigenvalue weighted by Gasteiger charge is 2.21. The predicted molar refractivity (Wildman–Crippen MR) is 88.0 cm³/mol. The Hall–Kier alpha value is -1.62. The van der Waals surface area contributed by atoms with Gasteiger partial charge in [-0.15, -0.1) is 0 Å². The quantitative estimate of drug-likeness (QED) is 0.846. The highest BCUT2D eigenvalue weighted by molar-refractivity contribution is 5.76. The van der Waals surface area contributed by atoms with Crippen LogP contribution in [0.1, 0.15) is 31.4 Å². The van der Waals surface area contributed by atoms with Gasteiger partial charge in [-0.2, -0.15) is 0 Å². The molecule has 1 aromatic rings. The third-order valence-corrected chi connectivity index (χ3v) is 4.60. The molecule has 5 heteroatoms. The van der Waals surface area contributed by atoms with E-state index in [0.29, 0.717) is 19.0 Å². The molecule has 1 aliphatic heterocycles. The number of aryl methyl sites for hydroxylation is 1. The first-order valence-corrected chi connectivity index (χ1v) is 8.09. The SMILES string of the molecule is Cc1cccc(=O)n1CCC(=O)N1CCC[C@H](N(C)C)CC1. The van der Waals surface area contributed by atoms with Crippen molar-refractivity contribution in [3.05, 3.63) is 34.2 Å². The summed E-state index contributed by atoms with van der Waals surface area (Å²) in [4.78, 5) is 28.5. The van der Waals surface area contributed by atoms with Crippen LogP contribution in [0, 0.1) is 6.92 Å². The second-order valence-corrected chi connectivity index (χ2v) is 6.34. The summed E-state index contributed by atoms with van der Waals surface area (Å²) in [6.45, 7) is 4.04. The molecule has 2 heterocycles. The molecule has 0 aliphatic carbocycles. The summed E-state index contributed by atoms with van der Waals surface area (Å²) in [7, 11) is 4.21. The molecule has 1 aliphatic rings. The molecule has 0 spiro atoms. The zero-order valence-corrected chi connectivity index (χ0v) is 13.9. The van der Waals surface area contributed by atoms with Gasteiger partial charge in [-0.05, 0) is 46.3 Å². The summed E-state index contributed by atoms with van der Waals surface area (Å²) in [5, 5.41) is 0. The Morgan fingerprint density at radius 3 is 2.73 bits per heavy atom. The number of carbonyl (C=O) groups excluding carboxylic acids is 1. The first-order chi connectivity index (χ1) is 10.5. The van der Waals surface area contributed by atoms with E-state index in [0.717, 1.165) is 38.0 Å². The van der Waals surface area contributed by atoms with Gasteiger partial charge in [-0.1, -0.05) is 6.07 Å². The van der Waals surface area contributed by atoms with Crippen LogP contribution in [0.15, 0.2) is 23.0 Å². The van der Waals surface area contributed by atoms with Crippen LogP contribution in [0.3, 0.4) is 0 Å². The Kier molecular flexibility index (Phi) is 5.77. The summed E-state index contributed by atoms with van der Waals surface area (Å²) in [5.74, 6) is 0.162. The zero-order valence-electron chi connectivity index (χ0n) is 13.9. The molecule has 1 saturated heterocycles. The maximum atomic E-state index is 12.4. The Balaban J connectivity index is 1.91. The van der Waals surface area contributed by atoms with E-state index >= 15 is 0 Å². The van der Waals surface area contributed by atoms with Gasteiger partial charge < -0.3 is 14.4 Å². The van der Waals surface area contributed by atoms with E-state index in [1.165, 1.54) is 0 Å². The van der Waals surface area contributed by atoms with E-state index in [9.17, 15) is 9.59 Å². The number of hydrogen-bond acceptors (Lipinski definition) is 3. The standard InChI is InChI=1S/C17H27N3O2/c1-14-6-4-8-17(22)20(14)13-10-16(21)19-11-5-7-15(9-12-19)18(2)3/h4,6,8,15H,5,7,9-13H2,1-3H3/t15-/m0/s1. The van der Waals surface area contributed by atoms with E-state index in [4.69, 9.17) is 0 Å². The number of hydrogen-bond donors (Lipinski definition) is 0. The first-order valence-electron chi connectivity index (χ1n) is 8.09. The van der Waals surface area contributed by atoms with Crippen molar-refractivity contribution in [1.29, 1.82) is 0 Å². The normalized spacial score (nSPS) is 19.3.